The van der Waals surface area contributed by atoms with E-state index >= 15 is 0 Å². The van der Waals surface area contributed by atoms with Crippen LogP contribution in [0, 0.1) is 10.1 Å². The average molecular weight is 625 g/mol. The highest BCUT2D eigenvalue weighted by Crippen LogP contribution is 2.41. The monoisotopic (exact) mass is 624 g/mol. The predicted octanol–water partition coefficient (Wildman–Crippen LogP) is 7.97. The molecule has 38 heavy (non-hydrogen) atoms. The topological polar surface area (TPSA) is 81.9 Å². The molecule has 0 aromatic heterocycles. The number of nitro benzene ring substituents is 1. The van der Waals surface area contributed by atoms with E-state index in [-0.39, 0.29) is 29.8 Å². The van der Waals surface area contributed by atoms with Gasteiger partial charge in [-0.2, -0.15) is 13.2 Å². The minimum Gasteiger partial charge on any atom is -0.490 e. The lowest BCUT2D eigenvalue weighted by Crippen LogP contribution is -2.27. The highest BCUT2D eigenvalue weighted by molar-refractivity contribution is 9.10. The molecule has 1 aliphatic rings. The zero-order chi connectivity index (χ0) is 27.6. The SMILES string of the molecule is CCOc1cc(/C=C2/SC(=S)N(c3cccc(Br)c3)C2=O)ccc1Oc1ccc(C(F)(F)F)cc1[N+](=O)[O-]. The fourth-order valence-corrected chi connectivity index (χ4v) is 5.15. The van der Waals surface area contributed by atoms with Crippen LogP contribution in [-0.2, 0) is 11.0 Å². The number of ether oxygens (including phenoxy) is 2. The molecular weight excluding hydrogens is 609 g/mol. The number of carbonyl (C=O) groups is 1. The van der Waals surface area contributed by atoms with Gasteiger partial charge >= 0.3 is 11.9 Å². The Labute approximate surface area is 232 Å². The van der Waals surface area contributed by atoms with Gasteiger partial charge < -0.3 is 9.47 Å². The van der Waals surface area contributed by atoms with Gasteiger partial charge in [0.2, 0.25) is 5.75 Å². The third kappa shape index (κ3) is 6.00. The first-order valence-electron chi connectivity index (χ1n) is 10.8. The molecule has 1 aliphatic heterocycles. The summed E-state index contributed by atoms with van der Waals surface area (Å²) in [5, 5.41) is 11.4. The highest BCUT2D eigenvalue weighted by atomic mass is 79.9. The molecule has 3 aromatic carbocycles. The number of thiocarbonyl (C=S) groups is 1. The van der Waals surface area contributed by atoms with Crippen LogP contribution >= 0.6 is 39.9 Å². The molecule has 1 heterocycles. The van der Waals surface area contributed by atoms with Crippen molar-refractivity contribution in [2.75, 3.05) is 11.5 Å². The van der Waals surface area contributed by atoms with E-state index in [1.165, 1.54) is 11.0 Å². The molecule has 196 valence electrons. The largest absolute Gasteiger partial charge is 0.490 e. The van der Waals surface area contributed by atoms with Crippen LogP contribution < -0.4 is 14.4 Å². The minimum atomic E-state index is -4.75. The molecule has 1 saturated heterocycles. The van der Waals surface area contributed by atoms with E-state index in [2.05, 4.69) is 15.9 Å². The second kappa shape index (κ2) is 11.1. The summed E-state index contributed by atoms with van der Waals surface area (Å²) >= 11 is 9.91. The Morgan fingerprint density at radius 3 is 2.50 bits per heavy atom. The van der Waals surface area contributed by atoms with E-state index in [0.717, 1.165) is 22.3 Å². The van der Waals surface area contributed by atoms with Crippen molar-refractivity contribution in [1.82, 2.24) is 0 Å². The van der Waals surface area contributed by atoms with Crippen molar-refractivity contribution in [3.8, 4) is 17.2 Å². The van der Waals surface area contributed by atoms with Crippen molar-refractivity contribution in [3.63, 3.8) is 0 Å². The van der Waals surface area contributed by atoms with Crippen LogP contribution in [-0.4, -0.2) is 21.8 Å². The summed E-state index contributed by atoms with van der Waals surface area (Å²) in [5.41, 5.74) is -0.848. The summed E-state index contributed by atoms with van der Waals surface area (Å²) in [6.07, 6.45) is -3.14. The normalized spacial score (nSPS) is 14.8. The summed E-state index contributed by atoms with van der Waals surface area (Å²) in [6.45, 7) is 1.92. The number of hydrogen-bond donors (Lipinski definition) is 0. The summed E-state index contributed by atoms with van der Waals surface area (Å²) in [7, 11) is 0. The molecule has 0 spiro atoms. The molecule has 4 rings (SSSR count). The van der Waals surface area contributed by atoms with Gasteiger partial charge in [0, 0.05) is 10.5 Å². The van der Waals surface area contributed by atoms with Crippen LogP contribution in [0.4, 0.5) is 24.5 Å². The third-order valence-corrected chi connectivity index (χ3v) is 6.92. The van der Waals surface area contributed by atoms with Crippen molar-refractivity contribution < 1.29 is 32.4 Å². The smallest absolute Gasteiger partial charge is 0.416 e. The molecule has 0 saturated carbocycles. The van der Waals surface area contributed by atoms with Crippen molar-refractivity contribution in [2.45, 2.75) is 13.1 Å². The van der Waals surface area contributed by atoms with Crippen molar-refractivity contribution >= 4 is 67.6 Å². The van der Waals surface area contributed by atoms with Gasteiger partial charge in [0.15, 0.2) is 15.8 Å². The van der Waals surface area contributed by atoms with Crippen LogP contribution in [0.3, 0.4) is 0 Å². The zero-order valence-electron chi connectivity index (χ0n) is 19.3. The molecule has 1 amide bonds. The Hall–Kier alpha value is -3.42. The molecule has 7 nitrogen and oxygen atoms in total. The first-order chi connectivity index (χ1) is 18.0. The summed E-state index contributed by atoms with van der Waals surface area (Å²) < 4.78 is 51.5. The average Bonchev–Trinajstić information content (AvgIpc) is 3.12. The maximum atomic E-state index is 13.1. The molecule has 3 aromatic rings. The van der Waals surface area contributed by atoms with Gasteiger partial charge in [-0.15, -0.1) is 0 Å². The Balaban J connectivity index is 1.64. The van der Waals surface area contributed by atoms with Gasteiger partial charge in [-0.25, -0.2) is 0 Å². The lowest BCUT2D eigenvalue weighted by Gasteiger charge is -2.14. The number of amides is 1. The Bertz CT molecular complexity index is 1480. The van der Waals surface area contributed by atoms with Crippen LogP contribution in [0.25, 0.3) is 6.08 Å². The van der Waals surface area contributed by atoms with E-state index in [0.29, 0.717) is 32.6 Å². The summed E-state index contributed by atoms with van der Waals surface area (Å²) in [6, 6.07) is 13.7. The van der Waals surface area contributed by atoms with Crippen LogP contribution in [0.15, 0.2) is 70.0 Å². The fourth-order valence-electron chi connectivity index (χ4n) is 3.47. The maximum Gasteiger partial charge on any atom is 0.416 e. The van der Waals surface area contributed by atoms with Crippen molar-refractivity contribution in [2.24, 2.45) is 0 Å². The number of nitro groups is 1. The number of hydrogen-bond acceptors (Lipinski definition) is 7. The molecular formula is C25H16BrF3N2O5S2. The number of nitrogens with zero attached hydrogens (tertiary/aromatic N) is 2. The molecule has 0 unspecified atom stereocenters. The number of alkyl halides is 3. The van der Waals surface area contributed by atoms with Gasteiger partial charge in [0.25, 0.3) is 5.91 Å². The number of thioether (sulfide) groups is 1. The fraction of sp³-hybridized carbons (Fsp3) is 0.120. The van der Waals surface area contributed by atoms with E-state index in [9.17, 15) is 28.1 Å². The lowest BCUT2D eigenvalue weighted by molar-refractivity contribution is -0.385. The minimum absolute atomic E-state index is 0.0496. The quantitative estimate of drug-likeness (QED) is 0.114. The first-order valence-corrected chi connectivity index (χ1v) is 12.8. The number of carbonyl (C=O) groups excluding carboxylic acids is 1. The number of benzene rings is 3. The molecule has 13 heteroatoms. The molecule has 1 fully saturated rings. The van der Waals surface area contributed by atoms with Gasteiger partial charge in [-0.3, -0.25) is 19.8 Å². The first kappa shape index (κ1) is 27.6. The highest BCUT2D eigenvalue weighted by Gasteiger charge is 2.34. The van der Waals surface area contributed by atoms with Gasteiger partial charge in [0.05, 0.1) is 27.7 Å². The lowest BCUT2D eigenvalue weighted by atomic mass is 10.1. The number of rotatable bonds is 7. The number of halogens is 4. The Morgan fingerprint density at radius 2 is 1.84 bits per heavy atom. The maximum absolute atomic E-state index is 13.1. The molecule has 0 bridgehead atoms. The third-order valence-electron chi connectivity index (χ3n) is 5.13. The molecule has 0 aliphatic carbocycles. The van der Waals surface area contributed by atoms with Crippen LogP contribution in [0.1, 0.15) is 18.1 Å². The summed E-state index contributed by atoms with van der Waals surface area (Å²) in [5.74, 6) is -0.463. The Kier molecular flexibility index (Phi) is 8.09. The van der Waals surface area contributed by atoms with Crippen LogP contribution in [0.5, 0.6) is 17.2 Å². The summed E-state index contributed by atoms with van der Waals surface area (Å²) in [4.78, 5) is 25.3. The van der Waals surface area contributed by atoms with Gasteiger partial charge in [-0.1, -0.05) is 52.0 Å². The van der Waals surface area contributed by atoms with E-state index in [4.69, 9.17) is 21.7 Å². The van der Waals surface area contributed by atoms with Gasteiger partial charge in [-0.05, 0) is 61.0 Å². The van der Waals surface area contributed by atoms with Crippen molar-refractivity contribution in [1.29, 1.82) is 0 Å². The van der Waals surface area contributed by atoms with E-state index < -0.39 is 22.4 Å². The Morgan fingerprint density at radius 1 is 1.11 bits per heavy atom. The van der Waals surface area contributed by atoms with E-state index in [1.807, 2.05) is 6.07 Å². The molecule has 0 radical (unpaired) electrons. The van der Waals surface area contributed by atoms with Crippen LogP contribution in [0.2, 0.25) is 0 Å². The van der Waals surface area contributed by atoms with E-state index in [1.54, 1.807) is 43.3 Å². The second-order valence-electron chi connectivity index (χ2n) is 7.68. The molecule has 0 atom stereocenters. The standard InChI is InChI=1S/C25H16BrF3N2O5S2/c1-2-35-21-10-14(11-22-23(32)30(24(37)38-22)17-5-3-4-16(26)13-17)6-8-20(21)36-19-9-7-15(25(27,28)29)12-18(19)31(33)34/h3-13H,2H2,1H3/b22-11+. The van der Waals surface area contributed by atoms with Crippen molar-refractivity contribution in [3.05, 3.63) is 91.3 Å². The molecule has 0 N–H and O–H groups in total. The number of anilines is 1. The zero-order valence-corrected chi connectivity index (χ0v) is 22.5. The van der Waals surface area contributed by atoms with Gasteiger partial charge in [0.1, 0.15) is 0 Å². The second-order valence-corrected chi connectivity index (χ2v) is 10.3. The predicted molar refractivity (Wildman–Crippen MR) is 146 cm³/mol.